The van der Waals surface area contributed by atoms with Crippen molar-refractivity contribution in [1.29, 1.82) is 0 Å². The van der Waals surface area contributed by atoms with Crippen molar-refractivity contribution in [2.75, 3.05) is 19.5 Å². The van der Waals surface area contributed by atoms with Crippen LogP contribution in [0.15, 0.2) is 53.4 Å². The second-order valence-corrected chi connectivity index (χ2v) is 8.21. The molecule has 0 aliphatic rings. The zero-order chi connectivity index (χ0) is 21.3. The van der Waals surface area contributed by atoms with Gasteiger partial charge in [0.2, 0.25) is 5.91 Å². The Morgan fingerprint density at radius 1 is 1.00 bits per heavy atom. The molecule has 0 unspecified atom stereocenters. The highest BCUT2D eigenvalue weighted by Gasteiger charge is 2.17. The van der Waals surface area contributed by atoms with E-state index in [1.807, 2.05) is 6.92 Å². The van der Waals surface area contributed by atoms with Gasteiger partial charge in [-0.2, -0.15) is 0 Å². The number of amides is 2. The summed E-state index contributed by atoms with van der Waals surface area (Å²) in [6.07, 6.45) is 0.544. The second kappa shape index (κ2) is 10.5. The summed E-state index contributed by atoms with van der Waals surface area (Å²) in [6, 6.07) is 12.5. The minimum Gasteiger partial charge on any atom is -0.493 e. The number of ether oxygens (including phenoxy) is 2. The predicted octanol–water partition coefficient (Wildman–Crippen LogP) is 2.11. The first-order valence-electron chi connectivity index (χ1n) is 9.05. The van der Waals surface area contributed by atoms with E-state index in [-0.39, 0.29) is 22.6 Å². The molecule has 0 heterocycles. The summed E-state index contributed by atoms with van der Waals surface area (Å²) in [5.41, 5.74) is 4.73. The van der Waals surface area contributed by atoms with Crippen LogP contribution in [-0.4, -0.2) is 39.7 Å². The van der Waals surface area contributed by atoms with Crippen molar-refractivity contribution in [1.82, 2.24) is 10.9 Å². The maximum atomic E-state index is 12.2. The Morgan fingerprint density at radius 3 is 2.38 bits per heavy atom. The lowest BCUT2D eigenvalue weighted by molar-refractivity contribution is -0.121. The third-order valence-electron chi connectivity index (χ3n) is 3.90. The maximum Gasteiger partial charge on any atom is 0.269 e. The van der Waals surface area contributed by atoms with Crippen molar-refractivity contribution < 1.29 is 27.5 Å². The van der Waals surface area contributed by atoms with Crippen molar-refractivity contribution in [3.63, 3.8) is 0 Å². The van der Waals surface area contributed by atoms with Crippen LogP contribution < -0.4 is 20.3 Å². The number of hydrogen-bond donors (Lipinski definition) is 2. The van der Waals surface area contributed by atoms with E-state index in [1.165, 1.54) is 31.4 Å². The highest BCUT2D eigenvalue weighted by Crippen LogP contribution is 2.28. The third kappa shape index (κ3) is 6.49. The molecule has 0 bridgehead atoms. The largest absolute Gasteiger partial charge is 0.493 e. The summed E-state index contributed by atoms with van der Waals surface area (Å²) in [6.45, 7) is 2.49. The molecule has 0 atom stereocenters. The Hall–Kier alpha value is -3.07. The summed E-state index contributed by atoms with van der Waals surface area (Å²) in [5.74, 6) is -0.638. The number of methoxy groups -OCH3 is 1. The van der Waals surface area contributed by atoms with Crippen LogP contribution >= 0.6 is 0 Å². The molecule has 0 radical (unpaired) electrons. The number of benzene rings is 2. The number of sulfone groups is 1. The summed E-state index contributed by atoms with van der Waals surface area (Å²) in [4.78, 5) is 24.3. The SMILES string of the molecule is CCCOc1ccc(C(=O)NNC(=O)CCS(=O)(=O)c2ccccc2)cc1OC. The molecule has 2 amide bonds. The molecule has 2 aromatic rings. The first-order chi connectivity index (χ1) is 13.9. The summed E-state index contributed by atoms with van der Waals surface area (Å²) in [7, 11) is -2.11. The minimum atomic E-state index is -3.57. The van der Waals surface area contributed by atoms with Gasteiger partial charge in [0.1, 0.15) is 0 Å². The van der Waals surface area contributed by atoms with Crippen molar-refractivity contribution in [2.45, 2.75) is 24.7 Å². The van der Waals surface area contributed by atoms with Crippen molar-refractivity contribution in [3.8, 4) is 11.5 Å². The fraction of sp³-hybridized carbons (Fsp3) is 0.300. The van der Waals surface area contributed by atoms with Gasteiger partial charge in [-0.05, 0) is 36.8 Å². The van der Waals surface area contributed by atoms with Gasteiger partial charge in [0.15, 0.2) is 21.3 Å². The van der Waals surface area contributed by atoms with E-state index in [0.29, 0.717) is 18.1 Å². The number of hydrogen-bond acceptors (Lipinski definition) is 6. The Bertz CT molecular complexity index is 945. The molecule has 0 spiro atoms. The highest BCUT2D eigenvalue weighted by molar-refractivity contribution is 7.91. The van der Waals surface area contributed by atoms with Crippen molar-refractivity contribution in [2.24, 2.45) is 0 Å². The zero-order valence-corrected chi connectivity index (χ0v) is 17.1. The van der Waals surface area contributed by atoms with E-state index < -0.39 is 21.7 Å². The van der Waals surface area contributed by atoms with Crippen LogP contribution in [0, 0.1) is 0 Å². The average molecular weight is 420 g/mol. The molecule has 0 aromatic heterocycles. The molecule has 2 N–H and O–H groups in total. The molecule has 29 heavy (non-hydrogen) atoms. The first-order valence-corrected chi connectivity index (χ1v) is 10.7. The van der Waals surface area contributed by atoms with E-state index >= 15 is 0 Å². The van der Waals surface area contributed by atoms with Crippen LogP contribution in [0.3, 0.4) is 0 Å². The van der Waals surface area contributed by atoms with Gasteiger partial charge in [-0.15, -0.1) is 0 Å². The number of rotatable bonds is 9. The monoisotopic (exact) mass is 420 g/mol. The summed E-state index contributed by atoms with van der Waals surface area (Å²) < 4.78 is 35.1. The predicted molar refractivity (Wildman–Crippen MR) is 108 cm³/mol. The van der Waals surface area contributed by atoms with Crippen LogP contribution in [0.1, 0.15) is 30.1 Å². The topological polar surface area (TPSA) is 111 Å². The van der Waals surface area contributed by atoms with Gasteiger partial charge in [0.05, 0.1) is 24.4 Å². The lowest BCUT2D eigenvalue weighted by Gasteiger charge is -2.12. The molecule has 2 aromatic carbocycles. The fourth-order valence-electron chi connectivity index (χ4n) is 2.37. The molecule has 2 rings (SSSR count). The normalized spacial score (nSPS) is 10.8. The fourth-order valence-corrected chi connectivity index (χ4v) is 3.64. The van der Waals surface area contributed by atoms with Crippen LogP contribution in [-0.2, 0) is 14.6 Å². The van der Waals surface area contributed by atoms with Gasteiger partial charge in [0, 0.05) is 12.0 Å². The lowest BCUT2D eigenvalue weighted by Crippen LogP contribution is -2.42. The maximum absolute atomic E-state index is 12.2. The van der Waals surface area contributed by atoms with Crippen LogP contribution in [0.2, 0.25) is 0 Å². The summed E-state index contributed by atoms with van der Waals surface area (Å²) in [5, 5.41) is 0. The van der Waals surface area contributed by atoms with E-state index in [1.54, 1.807) is 24.3 Å². The highest BCUT2D eigenvalue weighted by atomic mass is 32.2. The van der Waals surface area contributed by atoms with Crippen LogP contribution in [0.4, 0.5) is 0 Å². The van der Waals surface area contributed by atoms with E-state index in [4.69, 9.17) is 9.47 Å². The Kier molecular flexibility index (Phi) is 8.02. The lowest BCUT2D eigenvalue weighted by atomic mass is 10.2. The molecule has 0 fully saturated rings. The van der Waals surface area contributed by atoms with E-state index in [2.05, 4.69) is 10.9 Å². The molecule has 0 aliphatic carbocycles. The Balaban J connectivity index is 1.89. The smallest absolute Gasteiger partial charge is 0.269 e. The molecule has 9 heteroatoms. The Labute approximate surface area is 170 Å². The molecular formula is C20H24N2O6S. The standard InChI is InChI=1S/C20H24N2O6S/c1-3-12-28-17-10-9-15(14-18(17)27-2)20(24)22-21-19(23)11-13-29(25,26)16-7-5-4-6-8-16/h4-10,14H,3,11-13H2,1-2H3,(H,21,23)(H,22,24). The minimum absolute atomic E-state index is 0.148. The number of carbonyl (C=O) groups is 2. The van der Waals surface area contributed by atoms with Gasteiger partial charge in [-0.3, -0.25) is 20.4 Å². The van der Waals surface area contributed by atoms with Crippen LogP contribution in [0.5, 0.6) is 11.5 Å². The van der Waals surface area contributed by atoms with Crippen molar-refractivity contribution in [3.05, 3.63) is 54.1 Å². The Morgan fingerprint density at radius 2 is 1.72 bits per heavy atom. The zero-order valence-electron chi connectivity index (χ0n) is 16.3. The van der Waals surface area contributed by atoms with Gasteiger partial charge in [0.25, 0.3) is 5.91 Å². The quantitative estimate of drug-likeness (QED) is 0.601. The van der Waals surface area contributed by atoms with Gasteiger partial charge in [-0.25, -0.2) is 8.42 Å². The molecule has 8 nitrogen and oxygen atoms in total. The third-order valence-corrected chi connectivity index (χ3v) is 5.64. The number of hydrazine groups is 1. The number of nitrogens with one attached hydrogen (secondary N) is 2. The van der Waals surface area contributed by atoms with Gasteiger partial charge in [-0.1, -0.05) is 25.1 Å². The van der Waals surface area contributed by atoms with Gasteiger partial charge >= 0.3 is 0 Å². The number of carbonyl (C=O) groups excluding carboxylic acids is 2. The second-order valence-electron chi connectivity index (χ2n) is 6.10. The molecule has 0 aliphatic heterocycles. The average Bonchev–Trinajstić information content (AvgIpc) is 2.75. The first kappa shape index (κ1) is 22.2. The van der Waals surface area contributed by atoms with Crippen molar-refractivity contribution >= 4 is 21.7 Å². The molecule has 0 saturated carbocycles. The molecular weight excluding hydrogens is 396 g/mol. The van der Waals surface area contributed by atoms with E-state index in [0.717, 1.165) is 6.42 Å². The van der Waals surface area contributed by atoms with Gasteiger partial charge < -0.3 is 9.47 Å². The summed E-state index contributed by atoms with van der Waals surface area (Å²) >= 11 is 0. The molecule has 156 valence electrons. The molecule has 0 saturated heterocycles. The van der Waals surface area contributed by atoms with E-state index in [9.17, 15) is 18.0 Å². The van der Waals surface area contributed by atoms with Crippen LogP contribution in [0.25, 0.3) is 0 Å².